The lowest BCUT2D eigenvalue weighted by molar-refractivity contribution is 0.0988. The van der Waals surface area contributed by atoms with E-state index < -0.39 is 0 Å². The number of anilines is 2. The highest BCUT2D eigenvalue weighted by Crippen LogP contribution is 2.15. The minimum absolute atomic E-state index is 0.157. The van der Waals surface area contributed by atoms with Crippen LogP contribution < -0.4 is 10.2 Å². The SMILES string of the molecule is CCC(C)Nc1cc(C(=O)N(C)c2ccccc2)ncn1. The van der Waals surface area contributed by atoms with Crippen LogP contribution in [-0.2, 0) is 0 Å². The zero-order chi connectivity index (χ0) is 15.2. The van der Waals surface area contributed by atoms with Crippen molar-refractivity contribution in [3.63, 3.8) is 0 Å². The van der Waals surface area contributed by atoms with Crippen LogP contribution in [0, 0.1) is 0 Å². The van der Waals surface area contributed by atoms with Gasteiger partial charge >= 0.3 is 0 Å². The lowest BCUT2D eigenvalue weighted by atomic mass is 10.2. The molecule has 0 radical (unpaired) electrons. The molecule has 5 nitrogen and oxygen atoms in total. The molecule has 1 amide bonds. The Bertz CT molecular complexity index is 600. The molecule has 0 fully saturated rings. The van der Waals surface area contributed by atoms with E-state index in [-0.39, 0.29) is 5.91 Å². The van der Waals surface area contributed by atoms with Gasteiger partial charge in [-0.25, -0.2) is 9.97 Å². The molecule has 1 aromatic carbocycles. The third-order valence-electron chi connectivity index (χ3n) is 3.34. The Morgan fingerprint density at radius 3 is 2.67 bits per heavy atom. The van der Waals surface area contributed by atoms with Crippen molar-refractivity contribution in [1.82, 2.24) is 9.97 Å². The molecule has 1 aromatic heterocycles. The fourth-order valence-corrected chi connectivity index (χ4v) is 1.85. The standard InChI is InChI=1S/C16H20N4O/c1-4-12(2)19-15-10-14(17-11-18-15)16(21)20(3)13-8-6-5-7-9-13/h5-12H,4H2,1-3H3,(H,17,18,19). The van der Waals surface area contributed by atoms with Gasteiger partial charge < -0.3 is 10.2 Å². The molecule has 1 N–H and O–H groups in total. The summed E-state index contributed by atoms with van der Waals surface area (Å²) in [5.74, 6) is 0.514. The Morgan fingerprint density at radius 1 is 1.29 bits per heavy atom. The number of para-hydroxylation sites is 1. The van der Waals surface area contributed by atoms with Crippen molar-refractivity contribution >= 4 is 17.4 Å². The summed E-state index contributed by atoms with van der Waals surface area (Å²) in [5, 5.41) is 3.24. The lowest BCUT2D eigenvalue weighted by Crippen LogP contribution is -2.27. The van der Waals surface area contributed by atoms with E-state index in [9.17, 15) is 4.79 Å². The normalized spacial score (nSPS) is 11.8. The van der Waals surface area contributed by atoms with Crippen LogP contribution in [0.4, 0.5) is 11.5 Å². The van der Waals surface area contributed by atoms with Crippen molar-refractivity contribution in [2.24, 2.45) is 0 Å². The molecule has 1 unspecified atom stereocenters. The van der Waals surface area contributed by atoms with Gasteiger partial charge in [0.25, 0.3) is 5.91 Å². The highest BCUT2D eigenvalue weighted by Gasteiger charge is 2.15. The second-order valence-electron chi connectivity index (χ2n) is 4.94. The topological polar surface area (TPSA) is 58.1 Å². The van der Waals surface area contributed by atoms with Gasteiger partial charge in [0, 0.05) is 24.8 Å². The van der Waals surface area contributed by atoms with E-state index >= 15 is 0 Å². The molecule has 0 aliphatic carbocycles. The number of hydrogen-bond acceptors (Lipinski definition) is 4. The van der Waals surface area contributed by atoms with E-state index in [0.717, 1.165) is 12.1 Å². The summed E-state index contributed by atoms with van der Waals surface area (Å²) in [6.07, 6.45) is 2.40. The summed E-state index contributed by atoms with van der Waals surface area (Å²) >= 11 is 0. The second-order valence-corrected chi connectivity index (χ2v) is 4.94. The van der Waals surface area contributed by atoms with E-state index in [2.05, 4.69) is 29.1 Å². The highest BCUT2D eigenvalue weighted by atomic mass is 16.2. The quantitative estimate of drug-likeness (QED) is 0.917. The fourth-order valence-electron chi connectivity index (χ4n) is 1.85. The van der Waals surface area contributed by atoms with Gasteiger partial charge in [-0.05, 0) is 25.5 Å². The Labute approximate surface area is 125 Å². The summed E-state index contributed by atoms with van der Waals surface area (Å²) in [7, 11) is 1.74. The van der Waals surface area contributed by atoms with Crippen LogP contribution in [0.15, 0.2) is 42.7 Å². The Kier molecular flexibility index (Phi) is 4.87. The average Bonchev–Trinajstić information content (AvgIpc) is 2.54. The van der Waals surface area contributed by atoms with Gasteiger partial charge in [-0.3, -0.25) is 4.79 Å². The number of rotatable bonds is 5. The molecule has 0 spiro atoms. The molecule has 0 bridgehead atoms. The molecule has 1 atom stereocenters. The number of aromatic nitrogens is 2. The maximum atomic E-state index is 12.5. The molecule has 110 valence electrons. The second kappa shape index (κ2) is 6.83. The third-order valence-corrected chi connectivity index (χ3v) is 3.34. The van der Waals surface area contributed by atoms with Crippen molar-refractivity contribution < 1.29 is 4.79 Å². The van der Waals surface area contributed by atoms with Gasteiger partial charge in [-0.15, -0.1) is 0 Å². The molecule has 0 saturated carbocycles. The summed E-state index contributed by atoms with van der Waals surface area (Å²) in [5.41, 5.74) is 1.21. The van der Waals surface area contributed by atoms with Gasteiger partial charge in [0.2, 0.25) is 0 Å². The number of nitrogens with one attached hydrogen (secondary N) is 1. The first kappa shape index (κ1) is 15.0. The fraction of sp³-hybridized carbons (Fsp3) is 0.312. The number of hydrogen-bond donors (Lipinski definition) is 1. The Balaban J connectivity index is 2.17. The van der Waals surface area contributed by atoms with Gasteiger partial charge in [-0.1, -0.05) is 25.1 Å². The number of carbonyl (C=O) groups is 1. The molecule has 2 rings (SSSR count). The van der Waals surface area contributed by atoms with Crippen LogP contribution >= 0.6 is 0 Å². The predicted octanol–water partition coefficient (Wildman–Crippen LogP) is 2.96. The van der Waals surface area contributed by atoms with Crippen LogP contribution in [-0.4, -0.2) is 29.0 Å². The molecule has 1 heterocycles. The number of nitrogens with zero attached hydrogens (tertiary/aromatic N) is 3. The first-order valence-corrected chi connectivity index (χ1v) is 7.03. The van der Waals surface area contributed by atoms with Crippen molar-refractivity contribution in [3.05, 3.63) is 48.4 Å². The Morgan fingerprint density at radius 2 is 2.00 bits per heavy atom. The van der Waals surface area contributed by atoms with Crippen LogP contribution in [0.3, 0.4) is 0 Å². The van der Waals surface area contributed by atoms with E-state index in [1.54, 1.807) is 18.0 Å². The maximum absolute atomic E-state index is 12.5. The van der Waals surface area contributed by atoms with Gasteiger partial charge in [0.1, 0.15) is 17.8 Å². The molecule has 0 aliphatic rings. The lowest BCUT2D eigenvalue weighted by Gasteiger charge is -2.17. The largest absolute Gasteiger partial charge is 0.368 e. The van der Waals surface area contributed by atoms with Crippen LogP contribution in [0.5, 0.6) is 0 Å². The van der Waals surface area contributed by atoms with Crippen molar-refractivity contribution in [2.45, 2.75) is 26.3 Å². The molecular weight excluding hydrogens is 264 g/mol. The zero-order valence-corrected chi connectivity index (χ0v) is 12.6. The first-order valence-electron chi connectivity index (χ1n) is 7.03. The monoisotopic (exact) mass is 284 g/mol. The van der Waals surface area contributed by atoms with Gasteiger partial charge in [-0.2, -0.15) is 0 Å². The van der Waals surface area contributed by atoms with E-state index in [1.807, 2.05) is 30.3 Å². The van der Waals surface area contributed by atoms with Gasteiger partial charge in [0.05, 0.1) is 0 Å². The molecule has 2 aromatic rings. The average molecular weight is 284 g/mol. The summed E-state index contributed by atoms with van der Waals surface area (Å²) in [6.45, 7) is 4.16. The van der Waals surface area contributed by atoms with Crippen molar-refractivity contribution in [2.75, 3.05) is 17.3 Å². The van der Waals surface area contributed by atoms with Crippen LogP contribution in [0.1, 0.15) is 30.8 Å². The predicted molar refractivity (Wildman–Crippen MR) is 84.6 cm³/mol. The number of amides is 1. The highest BCUT2D eigenvalue weighted by molar-refractivity contribution is 6.04. The first-order chi connectivity index (χ1) is 10.1. The maximum Gasteiger partial charge on any atom is 0.276 e. The molecule has 0 saturated heterocycles. The summed E-state index contributed by atoms with van der Waals surface area (Å²) in [4.78, 5) is 22.3. The molecular formula is C16H20N4O. The summed E-state index contributed by atoms with van der Waals surface area (Å²) < 4.78 is 0. The van der Waals surface area contributed by atoms with Crippen LogP contribution in [0.25, 0.3) is 0 Å². The van der Waals surface area contributed by atoms with Crippen LogP contribution in [0.2, 0.25) is 0 Å². The molecule has 0 aliphatic heterocycles. The minimum atomic E-state index is -0.157. The zero-order valence-electron chi connectivity index (χ0n) is 12.6. The molecule has 5 heteroatoms. The molecule has 21 heavy (non-hydrogen) atoms. The summed E-state index contributed by atoms with van der Waals surface area (Å²) in [6, 6.07) is 11.5. The van der Waals surface area contributed by atoms with Crippen molar-refractivity contribution in [3.8, 4) is 0 Å². The van der Waals surface area contributed by atoms with Crippen molar-refractivity contribution in [1.29, 1.82) is 0 Å². The smallest absolute Gasteiger partial charge is 0.276 e. The minimum Gasteiger partial charge on any atom is -0.368 e. The number of carbonyl (C=O) groups excluding carboxylic acids is 1. The number of benzene rings is 1. The van der Waals surface area contributed by atoms with E-state index in [0.29, 0.717) is 17.6 Å². The Hall–Kier alpha value is -2.43. The van der Waals surface area contributed by atoms with Gasteiger partial charge in [0.15, 0.2) is 0 Å². The van der Waals surface area contributed by atoms with E-state index in [4.69, 9.17) is 0 Å². The van der Waals surface area contributed by atoms with E-state index in [1.165, 1.54) is 6.33 Å². The third kappa shape index (κ3) is 3.78.